The number of piperidine rings is 2. The van der Waals surface area contributed by atoms with Gasteiger partial charge in [0.15, 0.2) is 0 Å². The molecule has 0 aromatic heterocycles. The summed E-state index contributed by atoms with van der Waals surface area (Å²) in [5.41, 5.74) is 0.391. The predicted octanol–water partition coefficient (Wildman–Crippen LogP) is 4.41. The van der Waals surface area contributed by atoms with Gasteiger partial charge in [-0.2, -0.15) is 0 Å². The first-order valence-corrected chi connectivity index (χ1v) is 8.77. The maximum atomic E-state index is 12.2. The highest BCUT2D eigenvalue weighted by atomic mass is 35.5. The van der Waals surface area contributed by atoms with Gasteiger partial charge in [0.25, 0.3) is 0 Å². The summed E-state index contributed by atoms with van der Waals surface area (Å²) in [7, 11) is 0. The zero-order chi connectivity index (χ0) is 15.5. The summed E-state index contributed by atoms with van der Waals surface area (Å²) < 4.78 is 5.54. The van der Waals surface area contributed by atoms with Crippen molar-refractivity contribution in [2.75, 3.05) is 19.7 Å². The molecule has 2 aliphatic heterocycles. The largest absolute Gasteiger partial charge is 0.462 e. The fourth-order valence-electron chi connectivity index (χ4n) is 3.69. The van der Waals surface area contributed by atoms with Gasteiger partial charge in [-0.05, 0) is 57.0 Å². The minimum atomic E-state index is -0.352. The van der Waals surface area contributed by atoms with Crippen LogP contribution in [-0.2, 0) is 4.74 Å². The molecule has 22 heavy (non-hydrogen) atoms. The van der Waals surface area contributed by atoms with Crippen LogP contribution in [0.25, 0.3) is 0 Å². The first-order chi connectivity index (χ1) is 10.6. The lowest BCUT2D eigenvalue weighted by molar-refractivity contribution is 0.00740. The molecule has 0 unspecified atom stereocenters. The van der Waals surface area contributed by atoms with Crippen molar-refractivity contribution < 1.29 is 9.53 Å². The Kier molecular flexibility index (Phi) is 5.27. The van der Waals surface area contributed by atoms with E-state index in [4.69, 9.17) is 27.9 Å². The molecule has 2 aliphatic rings. The zero-order valence-corrected chi connectivity index (χ0v) is 14.1. The molecule has 0 saturated carbocycles. The van der Waals surface area contributed by atoms with Crippen molar-refractivity contribution in [2.45, 2.75) is 38.1 Å². The summed E-state index contributed by atoms with van der Waals surface area (Å²) in [5.74, 6) is 0.0960. The van der Waals surface area contributed by atoms with Crippen LogP contribution in [0.5, 0.6) is 0 Å². The molecule has 5 heteroatoms. The van der Waals surface area contributed by atoms with E-state index in [-0.39, 0.29) is 5.97 Å². The molecule has 0 radical (unpaired) electrons. The Hall–Kier alpha value is -0.770. The molecule has 3 nitrogen and oxygen atoms in total. The second-order valence-electron chi connectivity index (χ2n) is 6.22. The van der Waals surface area contributed by atoms with Gasteiger partial charge in [0.2, 0.25) is 0 Å². The summed E-state index contributed by atoms with van der Waals surface area (Å²) in [6, 6.07) is 5.44. The maximum absolute atomic E-state index is 12.2. The van der Waals surface area contributed by atoms with Crippen molar-refractivity contribution >= 4 is 29.2 Å². The summed E-state index contributed by atoms with van der Waals surface area (Å²) in [5, 5.41) is 0.868. The molecule has 2 saturated heterocycles. The van der Waals surface area contributed by atoms with E-state index >= 15 is 0 Å². The molecular weight excluding hydrogens is 321 g/mol. The monoisotopic (exact) mass is 341 g/mol. The fourth-order valence-corrected chi connectivity index (χ4v) is 4.17. The number of hydrogen-bond donors (Lipinski definition) is 0. The average molecular weight is 342 g/mol. The summed E-state index contributed by atoms with van der Waals surface area (Å²) >= 11 is 11.9. The molecule has 0 amide bonds. The molecule has 0 bridgehead atoms. The molecule has 1 aromatic rings. The Balaban J connectivity index is 1.60. The number of fused-ring (bicyclic) bond motifs is 1. The second kappa shape index (κ2) is 7.20. The molecular formula is C17H21Cl2NO2. The van der Waals surface area contributed by atoms with Crippen LogP contribution in [0.4, 0.5) is 0 Å². The maximum Gasteiger partial charge on any atom is 0.339 e. The van der Waals surface area contributed by atoms with Crippen molar-refractivity contribution in [2.24, 2.45) is 5.92 Å². The van der Waals surface area contributed by atoms with Crippen LogP contribution in [0.15, 0.2) is 18.2 Å². The van der Waals surface area contributed by atoms with Crippen molar-refractivity contribution in [3.63, 3.8) is 0 Å². The quantitative estimate of drug-likeness (QED) is 0.762. The van der Waals surface area contributed by atoms with Gasteiger partial charge in [-0.1, -0.05) is 29.6 Å². The predicted molar refractivity (Wildman–Crippen MR) is 88.7 cm³/mol. The summed E-state index contributed by atoms with van der Waals surface area (Å²) in [6.45, 7) is 2.87. The lowest BCUT2D eigenvalue weighted by atomic mass is 9.84. The Morgan fingerprint density at radius 3 is 2.82 bits per heavy atom. The molecule has 2 heterocycles. The summed E-state index contributed by atoms with van der Waals surface area (Å²) in [6.07, 6.45) is 6.14. The lowest BCUT2D eigenvalue weighted by Crippen LogP contribution is -2.49. The van der Waals surface area contributed by atoms with E-state index in [1.54, 1.807) is 18.2 Å². The highest BCUT2D eigenvalue weighted by Crippen LogP contribution is 2.31. The third-order valence-corrected chi connectivity index (χ3v) is 5.36. The Morgan fingerprint density at radius 2 is 2.00 bits per heavy atom. The van der Waals surface area contributed by atoms with Crippen LogP contribution in [0, 0.1) is 5.92 Å². The molecule has 2 fully saturated rings. The van der Waals surface area contributed by atoms with Crippen LogP contribution in [0.2, 0.25) is 10.0 Å². The van der Waals surface area contributed by atoms with E-state index in [0.29, 0.717) is 34.2 Å². The first-order valence-electron chi connectivity index (χ1n) is 8.01. The number of hydrogen-bond acceptors (Lipinski definition) is 3. The van der Waals surface area contributed by atoms with E-state index in [2.05, 4.69) is 4.90 Å². The van der Waals surface area contributed by atoms with Crippen molar-refractivity contribution in [3.8, 4) is 0 Å². The number of carbonyl (C=O) groups excluding carboxylic acids is 1. The molecule has 120 valence electrons. The normalized spacial score (nSPS) is 25.5. The smallest absolute Gasteiger partial charge is 0.339 e. The van der Waals surface area contributed by atoms with Crippen LogP contribution in [0.3, 0.4) is 0 Å². The zero-order valence-electron chi connectivity index (χ0n) is 12.6. The van der Waals surface area contributed by atoms with Crippen LogP contribution in [-0.4, -0.2) is 36.6 Å². The van der Waals surface area contributed by atoms with Gasteiger partial charge in [-0.15, -0.1) is 0 Å². The Morgan fingerprint density at radius 1 is 1.18 bits per heavy atom. The van der Waals surface area contributed by atoms with Gasteiger partial charge in [0.05, 0.1) is 17.2 Å². The fraction of sp³-hybridized carbons (Fsp3) is 0.588. The van der Waals surface area contributed by atoms with Crippen LogP contribution in [0.1, 0.15) is 42.5 Å². The third-order valence-electron chi connectivity index (χ3n) is 4.81. The molecule has 0 N–H and O–H groups in total. The molecule has 0 spiro atoms. The SMILES string of the molecule is O=C(OC[C@@H]1CCCN2CCCC[C@@H]12)c1ccc(Cl)cc1Cl. The van der Waals surface area contributed by atoms with E-state index in [1.807, 2.05) is 0 Å². The standard InChI is InChI=1S/C17H21Cl2NO2/c18-13-6-7-14(15(19)10-13)17(21)22-11-12-4-3-9-20-8-2-1-5-16(12)20/h6-7,10,12,16H,1-5,8-9,11H2/t12-,16-/m0/s1. The Bertz CT molecular complexity index is 547. The highest BCUT2D eigenvalue weighted by molar-refractivity contribution is 6.36. The Labute approximate surface area is 141 Å². The van der Waals surface area contributed by atoms with Gasteiger partial charge < -0.3 is 4.74 Å². The van der Waals surface area contributed by atoms with Crippen LogP contribution >= 0.6 is 23.2 Å². The minimum absolute atomic E-state index is 0.348. The number of benzene rings is 1. The van der Waals surface area contributed by atoms with Gasteiger partial charge in [-0.25, -0.2) is 4.79 Å². The van der Waals surface area contributed by atoms with Gasteiger partial charge in [0, 0.05) is 17.0 Å². The number of halogens is 2. The summed E-state index contributed by atoms with van der Waals surface area (Å²) in [4.78, 5) is 14.8. The lowest BCUT2D eigenvalue weighted by Gasteiger charge is -2.44. The third kappa shape index (κ3) is 3.58. The van der Waals surface area contributed by atoms with Crippen LogP contribution < -0.4 is 0 Å². The molecule has 0 aliphatic carbocycles. The number of carbonyl (C=O) groups is 1. The molecule has 2 atom stereocenters. The number of nitrogens with zero attached hydrogens (tertiary/aromatic N) is 1. The van der Waals surface area contributed by atoms with Gasteiger partial charge >= 0.3 is 5.97 Å². The van der Waals surface area contributed by atoms with E-state index in [9.17, 15) is 4.79 Å². The van der Waals surface area contributed by atoms with Gasteiger partial charge in [0.1, 0.15) is 0 Å². The van der Waals surface area contributed by atoms with Crippen molar-refractivity contribution in [3.05, 3.63) is 33.8 Å². The van der Waals surface area contributed by atoms with Crippen molar-refractivity contribution in [1.29, 1.82) is 0 Å². The topological polar surface area (TPSA) is 29.5 Å². The second-order valence-corrected chi connectivity index (χ2v) is 7.07. The number of ether oxygens (including phenoxy) is 1. The van der Waals surface area contributed by atoms with E-state index < -0.39 is 0 Å². The highest BCUT2D eigenvalue weighted by Gasteiger charge is 2.33. The van der Waals surface area contributed by atoms with E-state index in [0.717, 1.165) is 6.42 Å². The van der Waals surface area contributed by atoms with Gasteiger partial charge in [-0.3, -0.25) is 4.90 Å². The van der Waals surface area contributed by atoms with E-state index in [1.165, 1.54) is 38.8 Å². The molecule has 1 aromatic carbocycles. The van der Waals surface area contributed by atoms with Crippen molar-refractivity contribution in [1.82, 2.24) is 4.90 Å². The molecule has 3 rings (SSSR count). The average Bonchev–Trinajstić information content (AvgIpc) is 2.52. The number of rotatable bonds is 3. The minimum Gasteiger partial charge on any atom is -0.462 e. The number of esters is 1. The first kappa shape index (κ1) is 16.1.